The van der Waals surface area contributed by atoms with Crippen LogP contribution in [0.2, 0.25) is 0 Å². The third-order valence-electron chi connectivity index (χ3n) is 13.8. The molecule has 70 heavy (non-hydrogen) atoms. The van der Waals surface area contributed by atoms with Gasteiger partial charge < -0.3 is 45.1 Å². The molecule has 0 aliphatic carbocycles. The molecule has 1 aliphatic rings. The molecule has 0 bridgehead atoms. The van der Waals surface area contributed by atoms with E-state index in [2.05, 4.69) is 43.5 Å². The molecule has 6 N–H and O–H groups in total. The van der Waals surface area contributed by atoms with E-state index in [4.69, 9.17) is 14.2 Å². The summed E-state index contributed by atoms with van der Waals surface area (Å²) in [4.78, 5) is 25.0. The smallest absolute Gasteiger partial charge is 0.305 e. The Hall–Kier alpha value is -2.12. The van der Waals surface area contributed by atoms with Crippen molar-refractivity contribution in [3.63, 3.8) is 0 Å². The Labute approximate surface area is 428 Å². The van der Waals surface area contributed by atoms with Crippen LogP contribution in [0.5, 0.6) is 0 Å². The van der Waals surface area contributed by atoms with Gasteiger partial charge in [0.1, 0.15) is 24.4 Å². The van der Waals surface area contributed by atoms with Crippen molar-refractivity contribution in [1.82, 2.24) is 5.32 Å². The van der Waals surface area contributed by atoms with Crippen LogP contribution in [0.15, 0.2) is 36.5 Å². The second-order valence-electron chi connectivity index (χ2n) is 20.3. The molecular formula is C59H109NO10. The highest BCUT2D eigenvalue weighted by atomic mass is 16.7. The van der Waals surface area contributed by atoms with Crippen LogP contribution in [0.4, 0.5) is 0 Å². The van der Waals surface area contributed by atoms with Crippen molar-refractivity contribution in [2.45, 2.75) is 307 Å². The number of aliphatic hydroxyl groups is 5. The second kappa shape index (κ2) is 49.1. The first kappa shape index (κ1) is 65.9. The van der Waals surface area contributed by atoms with Crippen molar-refractivity contribution in [2.24, 2.45) is 0 Å². The molecule has 1 heterocycles. The van der Waals surface area contributed by atoms with E-state index in [0.29, 0.717) is 19.4 Å². The predicted octanol–water partition coefficient (Wildman–Crippen LogP) is 13.1. The Kier molecular flexibility index (Phi) is 46.2. The third kappa shape index (κ3) is 38.5. The van der Waals surface area contributed by atoms with Gasteiger partial charge in [0.2, 0.25) is 5.91 Å². The second-order valence-corrected chi connectivity index (χ2v) is 20.3. The van der Waals surface area contributed by atoms with E-state index in [1.54, 1.807) is 6.08 Å². The minimum atomic E-state index is -1.57. The van der Waals surface area contributed by atoms with Crippen molar-refractivity contribution in [1.29, 1.82) is 0 Å². The van der Waals surface area contributed by atoms with Gasteiger partial charge >= 0.3 is 5.97 Å². The molecule has 0 saturated carbocycles. The summed E-state index contributed by atoms with van der Waals surface area (Å²) in [6.07, 6.45) is 49.8. The van der Waals surface area contributed by atoms with E-state index in [-0.39, 0.29) is 18.5 Å². The van der Waals surface area contributed by atoms with Crippen LogP contribution in [0.25, 0.3) is 0 Å². The van der Waals surface area contributed by atoms with E-state index in [0.717, 1.165) is 70.6 Å². The summed E-state index contributed by atoms with van der Waals surface area (Å²) in [6.45, 7) is 4.20. The summed E-state index contributed by atoms with van der Waals surface area (Å²) >= 11 is 0. The highest BCUT2D eigenvalue weighted by molar-refractivity contribution is 5.76. The number of hydrogen-bond donors (Lipinski definition) is 6. The van der Waals surface area contributed by atoms with Crippen molar-refractivity contribution < 1.29 is 49.3 Å². The molecule has 0 spiro atoms. The van der Waals surface area contributed by atoms with Crippen molar-refractivity contribution in [3.8, 4) is 0 Å². The maximum Gasteiger partial charge on any atom is 0.305 e. The number of nitrogens with one attached hydrogen (secondary N) is 1. The van der Waals surface area contributed by atoms with Crippen LogP contribution in [-0.2, 0) is 23.8 Å². The number of aliphatic hydroxyl groups excluding tert-OH is 5. The Bertz CT molecular complexity index is 1260. The number of ether oxygens (including phenoxy) is 3. The molecule has 1 fully saturated rings. The fraction of sp³-hybridized carbons (Fsp3) is 0.864. The number of esters is 1. The van der Waals surface area contributed by atoms with Gasteiger partial charge in [-0.05, 0) is 51.4 Å². The van der Waals surface area contributed by atoms with Crippen molar-refractivity contribution >= 4 is 11.9 Å². The standard InChI is InChI=1S/C59H109NO10/c1-3-5-7-9-11-13-14-27-31-35-39-43-47-55(64)68-48-44-40-36-32-28-25-23-21-19-17-15-16-18-20-22-24-26-30-34-38-42-46-54(63)60-51(52(62)45-41-37-33-29-12-10-8-6-4-2)50-69-59-58(67)57(66)56(65)53(49-61)70-59/h25,28,36,40-41,45,51-53,56-59,61-62,65-67H,3-24,26-27,29-35,37-39,42-44,46-50H2,1-2H3,(H,60,63)/b28-25-,40-36-,45-41+. The lowest BCUT2D eigenvalue weighted by atomic mass is 9.99. The molecule has 1 aliphatic heterocycles. The van der Waals surface area contributed by atoms with Gasteiger partial charge in [0.15, 0.2) is 6.29 Å². The Morgan fingerprint density at radius 2 is 0.957 bits per heavy atom. The Morgan fingerprint density at radius 1 is 0.529 bits per heavy atom. The highest BCUT2D eigenvalue weighted by Crippen LogP contribution is 2.23. The summed E-state index contributed by atoms with van der Waals surface area (Å²) in [6, 6.07) is -0.812. The van der Waals surface area contributed by atoms with Crippen LogP contribution >= 0.6 is 0 Å². The molecule has 1 saturated heterocycles. The monoisotopic (exact) mass is 992 g/mol. The van der Waals surface area contributed by atoms with Crippen LogP contribution in [-0.4, -0.2) is 100 Å². The molecule has 0 radical (unpaired) electrons. The van der Waals surface area contributed by atoms with Gasteiger partial charge in [-0.1, -0.05) is 237 Å². The minimum Gasteiger partial charge on any atom is -0.465 e. The number of carbonyl (C=O) groups excluding carboxylic acids is 2. The number of unbranched alkanes of at least 4 members (excludes halogenated alkanes) is 32. The molecule has 0 aromatic carbocycles. The van der Waals surface area contributed by atoms with Gasteiger partial charge in [0.05, 0.1) is 32.0 Å². The average molecular weight is 993 g/mol. The fourth-order valence-corrected chi connectivity index (χ4v) is 9.10. The lowest BCUT2D eigenvalue weighted by Gasteiger charge is -2.40. The van der Waals surface area contributed by atoms with Gasteiger partial charge in [-0.25, -0.2) is 0 Å². The molecule has 1 amide bonds. The molecule has 7 atom stereocenters. The first-order chi connectivity index (χ1) is 34.2. The lowest BCUT2D eigenvalue weighted by Crippen LogP contribution is -2.60. The topological polar surface area (TPSA) is 175 Å². The number of allylic oxidation sites excluding steroid dienone is 4. The summed E-state index contributed by atoms with van der Waals surface area (Å²) in [5.41, 5.74) is 0. The van der Waals surface area contributed by atoms with E-state index in [9.17, 15) is 35.1 Å². The number of amides is 1. The minimum absolute atomic E-state index is 0.0481. The largest absolute Gasteiger partial charge is 0.465 e. The first-order valence-corrected chi connectivity index (χ1v) is 29.3. The predicted molar refractivity (Wildman–Crippen MR) is 287 cm³/mol. The van der Waals surface area contributed by atoms with E-state index in [1.807, 2.05) is 6.08 Å². The van der Waals surface area contributed by atoms with Gasteiger partial charge in [0, 0.05) is 12.8 Å². The lowest BCUT2D eigenvalue weighted by molar-refractivity contribution is -0.302. The van der Waals surface area contributed by atoms with E-state index >= 15 is 0 Å². The summed E-state index contributed by atoms with van der Waals surface area (Å²) in [5, 5.41) is 54.2. The van der Waals surface area contributed by atoms with Crippen molar-refractivity contribution in [3.05, 3.63) is 36.5 Å². The zero-order chi connectivity index (χ0) is 51.0. The zero-order valence-electron chi connectivity index (χ0n) is 45.0. The van der Waals surface area contributed by atoms with Crippen molar-refractivity contribution in [2.75, 3.05) is 19.8 Å². The maximum atomic E-state index is 13.0. The van der Waals surface area contributed by atoms with Crippen LogP contribution < -0.4 is 5.32 Å². The fourth-order valence-electron chi connectivity index (χ4n) is 9.10. The van der Waals surface area contributed by atoms with Crippen LogP contribution in [0.1, 0.15) is 264 Å². The third-order valence-corrected chi connectivity index (χ3v) is 13.8. The van der Waals surface area contributed by atoms with Gasteiger partial charge in [-0.15, -0.1) is 0 Å². The van der Waals surface area contributed by atoms with E-state index < -0.39 is 49.5 Å². The molecule has 11 heteroatoms. The van der Waals surface area contributed by atoms with Gasteiger partial charge in [0.25, 0.3) is 0 Å². The number of carbonyl (C=O) groups is 2. The Morgan fingerprint density at radius 3 is 1.44 bits per heavy atom. The maximum absolute atomic E-state index is 13.0. The molecular weight excluding hydrogens is 883 g/mol. The first-order valence-electron chi connectivity index (χ1n) is 29.3. The summed E-state index contributed by atoms with van der Waals surface area (Å²) in [7, 11) is 0. The van der Waals surface area contributed by atoms with Gasteiger partial charge in [-0.2, -0.15) is 0 Å². The normalized spacial score (nSPS) is 19.4. The van der Waals surface area contributed by atoms with Crippen LogP contribution in [0.3, 0.4) is 0 Å². The molecule has 1 rings (SSSR count). The zero-order valence-corrected chi connectivity index (χ0v) is 45.0. The van der Waals surface area contributed by atoms with Crippen LogP contribution in [0, 0.1) is 0 Å². The SMILES string of the molecule is CCCCCCCCC/C=C/C(O)C(COC1OC(CO)C(O)C(O)C1O)NC(=O)CCCCCCCCCCCCCCCC/C=C\C/C=C\CCOC(=O)CCCCCCCCCCCCCC. The van der Waals surface area contributed by atoms with Gasteiger partial charge in [-0.3, -0.25) is 9.59 Å². The number of hydrogen-bond acceptors (Lipinski definition) is 10. The summed E-state index contributed by atoms with van der Waals surface area (Å²) in [5.74, 6) is -0.237. The molecule has 0 aromatic heterocycles. The summed E-state index contributed by atoms with van der Waals surface area (Å²) < 4.78 is 16.6. The van der Waals surface area contributed by atoms with E-state index in [1.165, 1.54) is 167 Å². The highest BCUT2D eigenvalue weighted by Gasteiger charge is 2.44. The molecule has 11 nitrogen and oxygen atoms in total. The Balaban J connectivity index is 2.05. The molecule has 0 aromatic rings. The molecule has 410 valence electrons. The quantitative estimate of drug-likeness (QED) is 0.0195. The average Bonchev–Trinajstić information content (AvgIpc) is 3.36. The molecule has 7 unspecified atom stereocenters. The number of rotatable bonds is 50.